The van der Waals surface area contributed by atoms with E-state index in [-0.39, 0.29) is 11.5 Å². The number of imidazole rings is 1. The lowest BCUT2D eigenvalue weighted by atomic mass is 10.0. The number of hydrogen-bond donors (Lipinski definition) is 0. The maximum atomic E-state index is 15.2. The van der Waals surface area contributed by atoms with Crippen LogP contribution in [0.1, 0.15) is 25.0 Å². The third kappa shape index (κ3) is 3.39. The molecule has 1 aliphatic rings. The van der Waals surface area contributed by atoms with Crippen molar-refractivity contribution in [3.05, 3.63) is 102 Å². The Morgan fingerprint density at radius 3 is 2.06 bits per heavy atom. The quantitative estimate of drug-likeness (QED) is 0.379. The van der Waals surface area contributed by atoms with Crippen LogP contribution in [0.3, 0.4) is 0 Å². The van der Waals surface area contributed by atoms with E-state index in [1.54, 1.807) is 24.6 Å². The number of halogens is 2. The zero-order valence-electron chi connectivity index (χ0n) is 18.0. The highest BCUT2D eigenvalue weighted by atomic mass is 19.1. The van der Waals surface area contributed by atoms with Crippen LogP contribution in [-0.2, 0) is 10.3 Å². The average molecular weight is 439 g/mol. The van der Waals surface area contributed by atoms with Gasteiger partial charge in [0.1, 0.15) is 11.2 Å². The number of rotatable bonds is 2. The van der Waals surface area contributed by atoms with Crippen molar-refractivity contribution in [1.29, 1.82) is 0 Å². The van der Waals surface area contributed by atoms with Gasteiger partial charge in [-0.1, -0.05) is 60.4 Å². The van der Waals surface area contributed by atoms with Gasteiger partial charge in [-0.2, -0.15) is 0 Å². The largest absolute Gasteiger partial charge is 0.295 e. The fraction of sp³-hybridized carbons (Fsp3) is 0.111. The number of fused-ring (bicyclic) bond motifs is 1. The van der Waals surface area contributed by atoms with Gasteiger partial charge in [-0.15, -0.1) is 0 Å². The minimum atomic E-state index is -1.08. The molecule has 3 aromatic carbocycles. The van der Waals surface area contributed by atoms with Crippen LogP contribution in [0.25, 0.3) is 11.3 Å². The van der Waals surface area contributed by atoms with E-state index in [1.807, 2.05) is 60.7 Å². The molecule has 0 radical (unpaired) electrons. The molecule has 0 unspecified atom stereocenters. The van der Waals surface area contributed by atoms with E-state index in [9.17, 15) is 4.79 Å². The van der Waals surface area contributed by atoms with Gasteiger partial charge in [0.2, 0.25) is 5.95 Å². The molecule has 0 saturated carbocycles. The van der Waals surface area contributed by atoms with E-state index in [4.69, 9.17) is 0 Å². The van der Waals surface area contributed by atoms with Crippen molar-refractivity contribution in [2.75, 3.05) is 4.90 Å². The molecule has 0 aliphatic carbocycles. The Balaban J connectivity index is 1.59. The van der Waals surface area contributed by atoms with Gasteiger partial charge in [-0.05, 0) is 43.7 Å². The van der Waals surface area contributed by atoms with E-state index >= 15 is 8.78 Å². The number of hydrogen-bond acceptors (Lipinski definition) is 2. The fourth-order valence-corrected chi connectivity index (χ4v) is 4.04. The van der Waals surface area contributed by atoms with Crippen LogP contribution in [0.5, 0.6) is 0 Å². The lowest BCUT2D eigenvalue weighted by Gasteiger charge is -2.22. The van der Waals surface area contributed by atoms with Gasteiger partial charge in [0.05, 0.1) is 11.9 Å². The molecule has 6 heteroatoms. The van der Waals surface area contributed by atoms with Crippen molar-refractivity contribution in [3.8, 4) is 23.1 Å². The number of nitrogens with zero attached hydrogens (tertiary/aromatic N) is 3. The van der Waals surface area contributed by atoms with Gasteiger partial charge < -0.3 is 0 Å². The monoisotopic (exact) mass is 439 g/mol. The molecular formula is C27H19F2N3O. The van der Waals surface area contributed by atoms with Gasteiger partial charge >= 0.3 is 0 Å². The van der Waals surface area contributed by atoms with E-state index < -0.39 is 28.8 Å². The highest BCUT2D eigenvalue weighted by molar-refractivity contribution is 6.07. The van der Waals surface area contributed by atoms with E-state index in [0.29, 0.717) is 5.69 Å². The van der Waals surface area contributed by atoms with Crippen LogP contribution >= 0.6 is 0 Å². The maximum absolute atomic E-state index is 15.2. The van der Waals surface area contributed by atoms with Crippen molar-refractivity contribution < 1.29 is 13.6 Å². The SMILES string of the molecule is CC1(C)C(=O)N(c2c(F)cc(C#Cc3ccccc3)cc2F)c2ncc(-c3ccccc3)n21. The van der Waals surface area contributed by atoms with Crippen LogP contribution < -0.4 is 4.90 Å². The Labute approximate surface area is 190 Å². The molecule has 162 valence electrons. The molecule has 0 saturated heterocycles. The third-order valence-corrected chi connectivity index (χ3v) is 5.66. The predicted octanol–water partition coefficient (Wildman–Crippen LogP) is 5.64. The summed E-state index contributed by atoms with van der Waals surface area (Å²) in [6.45, 7) is 3.42. The zero-order chi connectivity index (χ0) is 23.2. The van der Waals surface area contributed by atoms with E-state index in [1.165, 1.54) is 0 Å². The minimum Gasteiger partial charge on any atom is -0.295 e. The molecule has 1 amide bonds. The number of aromatic nitrogens is 2. The van der Waals surface area contributed by atoms with E-state index in [2.05, 4.69) is 16.8 Å². The molecule has 1 aliphatic heterocycles. The van der Waals surface area contributed by atoms with Crippen LogP contribution in [0.2, 0.25) is 0 Å². The summed E-state index contributed by atoms with van der Waals surface area (Å²) in [5, 5.41) is 0. The summed E-state index contributed by atoms with van der Waals surface area (Å²) in [7, 11) is 0. The molecule has 0 N–H and O–H groups in total. The Bertz CT molecular complexity index is 1410. The Morgan fingerprint density at radius 2 is 1.42 bits per heavy atom. The first-order valence-corrected chi connectivity index (χ1v) is 10.4. The fourth-order valence-electron chi connectivity index (χ4n) is 4.04. The third-order valence-electron chi connectivity index (χ3n) is 5.66. The van der Waals surface area contributed by atoms with Gasteiger partial charge in [-0.3, -0.25) is 9.36 Å². The molecular weight excluding hydrogens is 420 g/mol. The smallest absolute Gasteiger partial charge is 0.259 e. The molecule has 0 atom stereocenters. The molecule has 4 nitrogen and oxygen atoms in total. The molecule has 0 spiro atoms. The van der Waals surface area contributed by atoms with Crippen molar-refractivity contribution in [2.24, 2.45) is 0 Å². The van der Waals surface area contributed by atoms with Crippen molar-refractivity contribution in [2.45, 2.75) is 19.4 Å². The van der Waals surface area contributed by atoms with Gasteiger partial charge in [0.15, 0.2) is 11.6 Å². The first kappa shape index (κ1) is 20.7. The molecule has 0 fully saturated rings. The number of amides is 1. The van der Waals surface area contributed by atoms with Crippen LogP contribution in [0, 0.1) is 23.5 Å². The summed E-state index contributed by atoms with van der Waals surface area (Å²) < 4.78 is 32.1. The Morgan fingerprint density at radius 1 is 0.848 bits per heavy atom. The summed E-state index contributed by atoms with van der Waals surface area (Å²) in [5.74, 6) is 3.60. The molecule has 33 heavy (non-hydrogen) atoms. The molecule has 4 aromatic rings. The minimum absolute atomic E-state index is 0.171. The first-order chi connectivity index (χ1) is 15.9. The second-order valence-corrected chi connectivity index (χ2v) is 8.25. The van der Waals surface area contributed by atoms with Crippen molar-refractivity contribution in [1.82, 2.24) is 9.55 Å². The predicted molar refractivity (Wildman–Crippen MR) is 123 cm³/mol. The Kier molecular flexibility index (Phi) is 4.83. The molecule has 2 heterocycles. The maximum Gasteiger partial charge on any atom is 0.259 e. The second kappa shape index (κ2) is 7.72. The van der Waals surface area contributed by atoms with Crippen LogP contribution in [0.15, 0.2) is 79.0 Å². The number of anilines is 2. The summed E-state index contributed by atoms with van der Waals surface area (Å²) in [4.78, 5) is 18.7. The summed E-state index contributed by atoms with van der Waals surface area (Å²) >= 11 is 0. The molecule has 1 aromatic heterocycles. The highest BCUT2D eigenvalue weighted by Crippen LogP contribution is 2.44. The van der Waals surface area contributed by atoms with Crippen LogP contribution in [-0.4, -0.2) is 15.5 Å². The summed E-state index contributed by atoms with van der Waals surface area (Å²) in [6, 6.07) is 20.9. The van der Waals surface area contributed by atoms with Crippen molar-refractivity contribution in [3.63, 3.8) is 0 Å². The first-order valence-electron chi connectivity index (χ1n) is 10.4. The molecule has 5 rings (SSSR count). The number of carbonyl (C=O) groups is 1. The number of benzene rings is 3. The average Bonchev–Trinajstić information content (AvgIpc) is 3.33. The number of carbonyl (C=O) groups excluding carboxylic acids is 1. The standard InChI is InChI=1S/C27H19F2N3O/c1-27(2)25(33)31(26-30-17-23(32(26)27)20-11-7-4-8-12-20)24-21(28)15-19(16-22(24)29)14-13-18-9-5-3-6-10-18/h3-12,15-17H,1-2H3. The molecule has 0 bridgehead atoms. The topological polar surface area (TPSA) is 38.1 Å². The second-order valence-electron chi connectivity index (χ2n) is 8.25. The summed E-state index contributed by atoms with van der Waals surface area (Å²) in [5.41, 5.74) is 0.916. The van der Waals surface area contributed by atoms with Crippen LogP contribution in [0.4, 0.5) is 20.4 Å². The van der Waals surface area contributed by atoms with Gasteiger partial charge in [0, 0.05) is 11.1 Å². The zero-order valence-corrected chi connectivity index (χ0v) is 18.0. The normalized spacial score (nSPS) is 14.1. The summed E-state index contributed by atoms with van der Waals surface area (Å²) in [6.07, 6.45) is 1.61. The lowest BCUT2D eigenvalue weighted by molar-refractivity contribution is -0.123. The lowest BCUT2D eigenvalue weighted by Crippen LogP contribution is -2.37. The van der Waals surface area contributed by atoms with Gasteiger partial charge in [0.25, 0.3) is 5.91 Å². The van der Waals surface area contributed by atoms with Gasteiger partial charge in [-0.25, -0.2) is 18.7 Å². The Hall–Kier alpha value is -4.24. The highest BCUT2D eigenvalue weighted by Gasteiger charge is 2.48. The van der Waals surface area contributed by atoms with E-state index in [0.717, 1.165) is 28.2 Å². The van der Waals surface area contributed by atoms with Crippen molar-refractivity contribution >= 4 is 17.5 Å².